The number of rotatable bonds is 5. The number of benzene rings is 4. The van der Waals surface area contributed by atoms with E-state index in [0.717, 1.165) is 44.9 Å². The highest BCUT2D eigenvalue weighted by atomic mass is 16.5. The Morgan fingerprint density at radius 3 is 2.46 bits per heavy atom. The molecule has 0 bridgehead atoms. The van der Waals surface area contributed by atoms with Crippen LogP contribution in [0.15, 0.2) is 90.7 Å². The molecule has 184 valence electrons. The number of allylic oxidation sites excluding steroid dienone is 1. The molecule has 5 heteroatoms. The fraction of sp³-hybridized carbons (Fsp3) is 0.156. The summed E-state index contributed by atoms with van der Waals surface area (Å²) in [5, 5.41) is 0. The zero-order chi connectivity index (χ0) is 25.4. The van der Waals surface area contributed by atoms with E-state index in [9.17, 15) is 4.79 Å². The number of nitrogens with zero attached hydrogens (tertiary/aromatic N) is 1. The lowest BCUT2D eigenvalue weighted by Crippen LogP contribution is -2.32. The number of hydrogen-bond acceptors (Lipinski definition) is 5. The van der Waals surface area contributed by atoms with Gasteiger partial charge in [-0.3, -0.25) is 9.69 Å². The second-order valence-electron chi connectivity index (χ2n) is 9.37. The van der Waals surface area contributed by atoms with Crippen molar-refractivity contribution in [3.63, 3.8) is 0 Å². The maximum Gasteiger partial charge on any atom is 0.232 e. The van der Waals surface area contributed by atoms with E-state index in [4.69, 9.17) is 14.2 Å². The molecule has 0 saturated carbocycles. The molecule has 0 aromatic heterocycles. The number of carbonyl (C=O) groups excluding carboxylic acids is 1. The van der Waals surface area contributed by atoms with Crippen molar-refractivity contribution < 1.29 is 19.0 Å². The largest absolute Gasteiger partial charge is 0.496 e. The number of hydrogen-bond donors (Lipinski definition) is 0. The van der Waals surface area contributed by atoms with E-state index < -0.39 is 0 Å². The summed E-state index contributed by atoms with van der Waals surface area (Å²) in [5.74, 6) is 2.47. The summed E-state index contributed by atoms with van der Waals surface area (Å²) >= 11 is 0. The average molecular weight is 490 g/mol. The van der Waals surface area contributed by atoms with Gasteiger partial charge in [-0.05, 0) is 47.4 Å². The third kappa shape index (κ3) is 4.39. The predicted octanol–water partition coefficient (Wildman–Crippen LogP) is 6.64. The van der Waals surface area contributed by atoms with Gasteiger partial charge in [-0.25, -0.2) is 0 Å². The number of ketones is 1. The van der Waals surface area contributed by atoms with Crippen molar-refractivity contribution >= 4 is 11.9 Å². The SMILES string of the molecule is COc1ccccc1CN1COc2cc(C)c3c(c2C1)O/C(=C\c1ccc(-c2ccccc2)cc1)C3=O. The lowest BCUT2D eigenvalue weighted by Gasteiger charge is -2.30. The van der Waals surface area contributed by atoms with E-state index in [0.29, 0.717) is 36.9 Å². The third-order valence-corrected chi connectivity index (χ3v) is 6.89. The zero-order valence-corrected chi connectivity index (χ0v) is 20.9. The number of ether oxygens (including phenoxy) is 3. The van der Waals surface area contributed by atoms with Gasteiger partial charge in [-0.15, -0.1) is 0 Å². The van der Waals surface area contributed by atoms with Gasteiger partial charge in [0, 0.05) is 18.7 Å². The smallest absolute Gasteiger partial charge is 0.232 e. The van der Waals surface area contributed by atoms with E-state index in [2.05, 4.69) is 35.2 Å². The van der Waals surface area contributed by atoms with Gasteiger partial charge in [0.25, 0.3) is 0 Å². The molecule has 2 heterocycles. The minimum absolute atomic E-state index is 0.0933. The molecule has 37 heavy (non-hydrogen) atoms. The summed E-state index contributed by atoms with van der Waals surface area (Å²) in [6.07, 6.45) is 1.82. The molecule has 2 aliphatic heterocycles. The molecule has 6 rings (SSSR count). The summed E-state index contributed by atoms with van der Waals surface area (Å²) < 4.78 is 17.9. The number of fused-ring (bicyclic) bond motifs is 3. The summed E-state index contributed by atoms with van der Waals surface area (Å²) in [7, 11) is 1.68. The normalized spacial score (nSPS) is 15.6. The Hall–Kier alpha value is -4.35. The van der Waals surface area contributed by atoms with Gasteiger partial charge in [0.15, 0.2) is 5.76 Å². The predicted molar refractivity (Wildman–Crippen MR) is 144 cm³/mol. The van der Waals surface area contributed by atoms with Crippen LogP contribution in [0.2, 0.25) is 0 Å². The molecule has 4 aromatic rings. The summed E-state index contributed by atoms with van der Waals surface area (Å²) in [4.78, 5) is 15.6. The molecule has 0 N–H and O–H groups in total. The highest BCUT2D eigenvalue weighted by Crippen LogP contribution is 2.44. The van der Waals surface area contributed by atoms with Crippen LogP contribution < -0.4 is 14.2 Å². The number of Topliss-reactive ketones (excluding diaryl/α,β-unsaturated/α-hetero) is 1. The zero-order valence-electron chi connectivity index (χ0n) is 20.9. The van der Waals surface area contributed by atoms with Crippen molar-refractivity contribution in [2.75, 3.05) is 13.8 Å². The molecule has 0 saturated heterocycles. The molecular weight excluding hydrogens is 462 g/mol. The van der Waals surface area contributed by atoms with Crippen LogP contribution in [-0.2, 0) is 13.1 Å². The quantitative estimate of drug-likeness (QED) is 0.294. The van der Waals surface area contributed by atoms with Crippen molar-refractivity contribution in [2.45, 2.75) is 20.0 Å². The maximum atomic E-state index is 13.4. The van der Waals surface area contributed by atoms with Gasteiger partial charge >= 0.3 is 0 Å². The van der Waals surface area contributed by atoms with Crippen molar-refractivity contribution in [1.82, 2.24) is 4.90 Å². The molecule has 2 aliphatic rings. The molecule has 4 aromatic carbocycles. The number of methoxy groups -OCH3 is 1. The van der Waals surface area contributed by atoms with Crippen molar-refractivity contribution in [1.29, 1.82) is 0 Å². The maximum absolute atomic E-state index is 13.4. The second kappa shape index (κ2) is 9.60. The summed E-state index contributed by atoms with van der Waals surface area (Å²) in [5.41, 5.74) is 6.66. The first kappa shape index (κ1) is 23.1. The van der Waals surface area contributed by atoms with E-state index in [-0.39, 0.29) is 5.78 Å². The molecule has 0 aliphatic carbocycles. The van der Waals surface area contributed by atoms with Gasteiger partial charge in [0.05, 0.1) is 18.2 Å². The first-order chi connectivity index (χ1) is 18.1. The van der Waals surface area contributed by atoms with Gasteiger partial charge in [-0.1, -0.05) is 72.8 Å². The molecule has 0 atom stereocenters. The highest BCUT2D eigenvalue weighted by molar-refractivity contribution is 6.16. The summed E-state index contributed by atoms with van der Waals surface area (Å²) in [6.45, 7) is 3.66. The van der Waals surface area contributed by atoms with E-state index in [1.54, 1.807) is 7.11 Å². The Balaban J connectivity index is 1.27. The van der Waals surface area contributed by atoms with E-state index >= 15 is 0 Å². The van der Waals surface area contributed by atoms with Crippen LogP contribution in [0.25, 0.3) is 17.2 Å². The third-order valence-electron chi connectivity index (χ3n) is 6.89. The monoisotopic (exact) mass is 489 g/mol. The molecule has 0 radical (unpaired) electrons. The fourth-order valence-corrected chi connectivity index (χ4v) is 5.01. The van der Waals surface area contributed by atoms with Crippen LogP contribution >= 0.6 is 0 Å². The number of carbonyl (C=O) groups is 1. The van der Waals surface area contributed by atoms with Crippen LogP contribution in [0, 0.1) is 6.92 Å². The number of aryl methyl sites for hydroxylation is 1. The molecule has 0 spiro atoms. The average Bonchev–Trinajstić information content (AvgIpc) is 3.27. The topological polar surface area (TPSA) is 48.0 Å². The number of para-hydroxylation sites is 1. The van der Waals surface area contributed by atoms with Crippen molar-refractivity contribution in [2.24, 2.45) is 0 Å². The minimum atomic E-state index is -0.0933. The minimum Gasteiger partial charge on any atom is -0.496 e. The fourth-order valence-electron chi connectivity index (χ4n) is 5.01. The highest BCUT2D eigenvalue weighted by Gasteiger charge is 2.35. The van der Waals surface area contributed by atoms with Crippen LogP contribution in [0.5, 0.6) is 17.2 Å². The van der Waals surface area contributed by atoms with Crippen LogP contribution in [0.3, 0.4) is 0 Å². The molecule has 0 unspecified atom stereocenters. The Morgan fingerprint density at radius 2 is 1.68 bits per heavy atom. The molecule has 0 fully saturated rings. The van der Waals surface area contributed by atoms with Gasteiger partial charge in [0.2, 0.25) is 5.78 Å². The van der Waals surface area contributed by atoms with Gasteiger partial charge in [0.1, 0.15) is 24.0 Å². The first-order valence-corrected chi connectivity index (χ1v) is 12.3. The van der Waals surface area contributed by atoms with Gasteiger partial charge < -0.3 is 14.2 Å². The lowest BCUT2D eigenvalue weighted by atomic mass is 9.98. The second-order valence-corrected chi connectivity index (χ2v) is 9.37. The van der Waals surface area contributed by atoms with Crippen LogP contribution in [0.1, 0.15) is 32.6 Å². The molecular formula is C32H27NO4. The molecule has 0 amide bonds. The Labute approximate surface area is 216 Å². The summed E-state index contributed by atoms with van der Waals surface area (Å²) in [6, 6.07) is 28.3. The lowest BCUT2D eigenvalue weighted by molar-refractivity contribution is 0.0864. The van der Waals surface area contributed by atoms with E-state index in [1.807, 2.05) is 67.6 Å². The Bertz CT molecular complexity index is 1510. The van der Waals surface area contributed by atoms with Gasteiger partial charge in [-0.2, -0.15) is 0 Å². The van der Waals surface area contributed by atoms with Crippen LogP contribution in [0.4, 0.5) is 0 Å². The van der Waals surface area contributed by atoms with E-state index in [1.165, 1.54) is 0 Å². The Kier molecular flexibility index (Phi) is 5.99. The van der Waals surface area contributed by atoms with Crippen molar-refractivity contribution in [3.05, 3.63) is 119 Å². The molecule has 5 nitrogen and oxygen atoms in total. The first-order valence-electron chi connectivity index (χ1n) is 12.3. The Morgan fingerprint density at radius 1 is 0.946 bits per heavy atom. The van der Waals surface area contributed by atoms with Crippen molar-refractivity contribution in [3.8, 4) is 28.4 Å². The standard InChI is InChI=1S/C32H27NO4/c1-21-16-28-26(19-33(20-36-28)18-25-10-6-7-11-27(25)35-2)32-30(21)31(34)29(37-32)17-22-12-14-24(15-13-22)23-8-4-3-5-9-23/h3-17H,18-20H2,1-2H3/b29-17-. The van der Waals surface area contributed by atoms with Crippen LogP contribution in [-0.4, -0.2) is 24.5 Å².